The van der Waals surface area contributed by atoms with Gasteiger partial charge >= 0.3 is 0 Å². The van der Waals surface area contributed by atoms with Gasteiger partial charge in [-0.15, -0.1) is 0 Å². The van der Waals surface area contributed by atoms with E-state index in [2.05, 4.69) is 9.97 Å². The molecule has 0 aliphatic heterocycles. The summed E-state index contributed by atoms with van der Waals surface area (Å²) >= 11 is 0. The average molecular weight is 265 g/mol. The molecule has 2 aromatic heterocycles. The lowest BCUT2D eigenvalue weighted by atomic mass is 10.2. The standard InChI is InChI=1S/C16H15N3O/c1-11(17)12-7-8-16(19-10-12)20-15-6-2-5-14-13(15)4-3-9-18-14/h2-11H,17H2,1H3/t11-/m0/s1. The van der Waals surface area contributed by atoms with E-state index >= 15 is 0 Å². The van der Waals surface area contributed by atoms with E-state index in [1.54, 1.807) is 12.4 Å². The fourth-order valence-electron chi connectivity index (χ4n) is 2.00. The molecule has 2 heterocycles. The van der Waals surface area contributed by atoms with Gasteiger partial charge in [-0.25, -0.2) is 4.98 Å². The highest BCUT2D eigenvalue weighted by Crippen LogP contribution is 2.28. The lowest BCUT2D eigenvalue weighted by Gasteiger charge is -2.09. The molecule has 0 spiro atoms. The SMILES string of the molecule is C[C@H](N)c1ccc(Oc2cccc3ncccc23)nc1. The number of hydrogen-bond donors (Lipinski definition) is 1. The minimum Gasteiger partial charge on any atom is -0.438 e. The van der Waals surface area contributed by atoms with Crippen molar-refractivity contribution >= 4 is 10.9 Å². The van der Waals surface area contributed by atoms with E-state index in [9.17, 15) is 0 Å². The Balaban J connectivity index is 1.93. The molecule has 2 N–H and O–H groups in total. The second-order valence-corrected chi connectivity index (χ2v) is 4.65. The maximum Gasteiger partial charge on any atom is 0.219 e. The smallest absolute Gasteiger partial charge is 0.219 e. The summed E-state index contributed by atoms with van der Waals surface area (Å²) in [7, 11) is 0. The first kappa shape index (κ1) is 12.6. The normalized spacial score (nSPS) is 12.3. The Hall–Kier alpha value is -2.46. The fraction of sp³-hybridized carbons (Fsp3) is 0.125. The quantitative estimate of drug-likeness (QED) is 0.788. The van der Waals surface area contributed by atoms with Gasteiger partial charge in [-0.05, 0) is 36.8 Å². The first-order valence-electron chi connectivity index (χ1n) is 6.47. The number of hydrogen-bond acceptors (Lipinski definition) is 4. The maximum absolute atomic E-state index is 5.83. The number of fused-ring (bicyclic) bond motifs is 1. The Morgan fingerprint density at radius 2 is 1.95 bits per heavy atom. The number of nitrogens with zero attached hydrogens (tertiary/aromatic N) is 2. The van der Waals surface area contributed by atoms with Crippen LogP contribution in [0, 0.1) is 0 Å². The van der Waals surface area contributed by atoms with Crippen LogP contribution < -0.4 is 10.5 Å². The van der Waals surface area contributed by atoms with Crippen LogP contribution in [0.4, 0.5) is 0 Å². The average Bonchev–Trinajstić information content (AvgIpc) is 2.48. The van der Waals surface area contributed by atoms with E-state index in [1.807, 2.05) is 49.4 Å². The molecule has 1 atom stereocenters. The zero-order valence-electron chi connectivity index (χ0n) is 11.2. The van der Waals surface area contributed by atoms with Crippen LogP contribution >= 0.6 is 0 Å². The van der Waals surface area contributed by atoms with Gasteiger partial charge in [-0.3, -0.25) is 4.98 Å². The minimum absolute atomic E-state index is 0.0293. The lowest BCUT2D eigenvalue weighted by molar-refractivity contribution is 0.467. The highest BCUT2D eigenvalue weighted by Gasteiger charge is 2.05. The molecule has 0 aliphatic carbocycles. The van der Waals surface area contributed by atoms with Crippen molar-refractivity contribution in [3.05, 3.63) is 60.4 Å². The molecule has 100 valence electrons. The number of benzene rings is 1. The topological polar surface area (TPSA) is 61.0 Å². The molecule has 0 aliphatic rings. The van der Waals surface area contributed by atoms with Crippen LogP contribution in [0.15, 0.2) is 54.9 Å². The molecule has 0 amide bonds. The summed E-state index contributed by atoms with van der Waals surface area (Å²) in [6.45, 7) is 1.92. The summed E-state index contributed by atoms with van der Waals surface area (Å²) in [4.78, 5) is 8.58. The summed E-state index contributed by atoms with van der Waals surface area (Å²) in [5.41, 5.74) is 7.69. The van der Waals surface area contributed by atoms with E-state index < -0.39 is 0 Å². The van der Waals surface area contributed by atoms with Crippen molar-refractivity contribution < 1.29 is 4.74 Å². The predicted octanol–water partition coefficient (Wildman–Crippen LogP) is 3.44. The third-order valence-electron chi connectivity index (χ3n) is 3.11. The van der Waals surface area contributed by atoms with Gasteiger partial charge in [0.1, 0.15) is 5.75 Å². The molecule has 0 fully saturated rings. The van der Waals surface area contributed by atoms with Crippen molar-refractivity contribution in [2.45, 2.75) is 13.0 Å². The summed E-state index contributed by atoms with van der Waals surface area (Å²) in [6.07, 6.45) is 3.51. The largest absolute Gasteiger partial charge is 0.438 e. The van der Waals surface area contributed by atoms with Gasteiger partial charge in [0.15, 0.2) is 0 Å². The van der Waals surface area contributed by atoms with Crippen molar-refractivity contribution in [1.82, 2.24) is 9.97 Å². The van der Waals surface area contributed by atoms with Crippen molar-refractivity contribution in [1.29, 1.82) is 0 Å². The lowest BCUT2D eigenvalue weighted by Crippen LogP contribution is -2.05. The second-order valence-electron chi connectivity index (χ2n) is 4.65. The predicted molar refractivity (Wildman–Crippen MR) is 78.7 cm³/mol. The highest BCUT2D eigenvalue weighted by molar-refractivity contribution is 5.85. The summed E-state index contributed by atoms with van der Waals surface area (Å²) in [5, 5.41) is 0.966. The molecule has 3 aromatic rings. The Kier molecular flexibility index (Phi) is 3.31. The van der Waals surface area contributed by atoms with Crippen molar-refractivity contribution in [2.24, 2.45) is 5.73 Å². The van der Waals surface area contributed by atoms with Crippen LogP contribution in [-0.4, -0.2) is 9.97 Å². The third kappa shape index (κ3) is 2.46. The molecule has 3 rings (SSSR count). The van der Waals surface area contributed by atoms with Crippen LogP contribution in [0.25, 0.3) is 10.9 Å². The Labute approximate surface area is 117 Å². The first-order chi connectivity index (χ1) is 9.74. The van der Waals surface area contributed by atoms with Gasteiger partial charge in [-0.2, -0.15) is 0 Å². The second kappa shape index (κ2) is 5.27. The summed E-state index contributed by atoms with van der Waals surface area (Å²) < 4.78 is 5.83. The van der Waals surface area contributed by atoms with E-state index in [-0.39, 0.29) is 6.04 Å². The Morgan fingerprint density at radius 3 is 2.70 bits per heavy atom. The zero-order chi connectivity index (χ0) is 13.9. The monoisotopic (exact) mass is 265 g/mol. The van der Waals surface area contributed by atoms with Gasteiger partial charge in [0.05, 0.1) is 5.52 Å². The van der Waals surface area contributed by atoms with Crippen molar-refractivity contribution in [3.8, 4) is 11.6 Å². The molecule has 20 heavy (non-hydrogen) atoms. The number of aromatic nitrogens is 2. The Morgan fingerprint density at radius 1 is 1.05 bits per heavy atom. The highest BCUT2D eigenvalue weighted by atomic mass is 16.5. The minimum atomic E-state index is -0.0293. The zero-order valence-corrected chi connectivity index (χ0v) is 11.2. The van der Waals surface area contributed by atoms with Crippen LogP contribution in [0.3, 0.4) is 0 Å². The number of ether oxygens (including phenoxy) is 1. The number of rotatable bonds is 3. The summed E-state index contributed by atoms with van der Waals surface area (Å²) in [6, 6.07) is 13.4. The molecule has 0 radical (unpaired) electrons. The van der Waals surface area contributed by atoms with E-state index in [1.165, 1.54) is 0 Å². The summed E-state index contributed by atoms with van der Waals surface area (Å²) in [5.74, 6) is 1.29. The fourth-order valence-corrected chi connectivity index (χ4v) is 2.00. The number of pyridine rings is 2. The first-order valence-corrected chi connectivity index (χ1v) is 6.47. The van der Waals surface area contributed by atoms with Gasteiger partial charge < -0.3 is 10.5 Å². The van der Waals surface area contributed by atoms with E-state index in [0.717, 1.165) is 22.2 Å². The molecule has 1 aromatic carbocycles. The molecular formula is C16H15N3O. The van der Waals surface area contributed by atoms with Crippen LogP contribution in [0.1, 0.15) is 18.5 Å². The van der Waals surface area contributed by atoms with Crippen LogP contribution in [0.5, 0.6) is 11.6 Å². The molecule has 0 bridgehead atoms. The molecular weight excluding hydrogens is 250 g/mol. The van der Waals surface area contributed by atoms with Crippen LogP contribution in [0.2, 0.25) is 0 Å². The van der Waals surface area contributed by atoms with Gasteiger partial charge in [0, 0.05) is 29.9 Å². The molecule has 0 unspecified atom stereocenters. The van der Waals surface area contributed by atoms with Gasteiger partial charge in [0.25, 0.3) is 0 Å². The van der Waals surface area contributed by atoms with E-state index in [4.69, 9.17) is 10.5 Å². The molecule has 4 nitrogen and oxygen atoms in total. The third-order valence-corrected chi connectivity index (χ3v) is 3.11. The van der Waals surface area contributed by atoms with E-state index in [0.29, 0.717) is 5.88 Å². The van der Waals surface area contributed by atoms with Crippen LogP contribution in [-0.2, 0) is 0 Å². The molecule has 0 saturated carbocycles. The molecule has 0 saturated heterocycles. The number of nitrogens with two attached hydrogens (primary N) is 1. The maximum atomic E-state index is 5.83. The molecule has 4 heteroatoms. The Bertz CT molecular complexity index is 718. The van der Waals surface area contributed by atoms with Gasteiger partial charge in [-0.1, -0.05) is 12.1 Å². The van der Waals surface area contributed by atoms with Crippen molar-refractivity contribution in [2.75, 3.05) is 0 Å². The van der Waals surface area contributed by atoms with Gasteiger partial charge in [0.2, 0.25) is 5.88 Å². The van der Waals surface area contributed by atoms with Crippen molar-refractivity contribution in [3.63, 3.8) is 0 Å².